The zero-order chi connectivity index (χ0) is 25.3. The quantitative estimate of drug-likeness (QED) is 0.158. The molecule has 0 radical (unpaired) electrons. The monoisotopic (exact) mass is 500 g/mol. The number of unbranched alkanes of at least 4 members (excludes halogenated alkanes) is 5. The van der Waals surface area contributed by atoms with E-state index in [1.54, 1.807) is 10.6 Å². The van der Waals surface area contributed by atoms with Crippen molar-refractivity contribution in [3.05, 3.63) is 121 Å². The Labute approximate surface area is 224 Å². The summed E-state index contributed by atoms with van der Waals surface area (Å²) in [6.45, 7) is 2.30. The fourth-order valence-electron chi connectivity index (χ4n) is 5.46. The van der Waals surface area contributed by atoms with Crippen molar-refractivity contribution in [1.82, 2.24) is 0 Å². The maximum absolute atomic E-state index is 2.32. The van der Waals surface area contributed by atoms with Crippen LogP contribution in [0.5, 0.6) is 0 Å². The molecule has 0 saturated heterocycles. The molecule has 0 bridgehead atoms. The Bertz CT molecular complexity index is 1270. The molecule has 0 spiro atoms. The Hall–Kier alpha value is -3.34. The molecule has 0 amide bonds. The highest BCUT2D eigenvalue weighted by atomic mass is 31.1. The molecule has 0 N–H and O–H groups in total. The minimum absolute atomic E-state index is 0.516. The van der Waals surface area contributed by atoms with Gasteiger partial charge in [0.15, 0.2) is 0 Å². The molecule has 0 aliphatic rings. The molecule has 0 saturated carbocycles. The second kappa shape index (κ2) is 12.8. The second-order valence-corrected chi connectivity index (χ2v) is 12.0. The lowest BCUT2D eigenvalue weighted by Gasteiger charge is -2.12. The molecule has 0 aliphatic carbocycles. The molecule has 0 fully saturated rings. The maximum Gasteiger partial charge on any atom is 0.0103 e. The summed E-state index contributed by atoms with van der Waals surface area (Å²) >= 11 is 0. The first kappa shape index (κ1) is 25.3. The summed E-state index contributed by atoms with van der Waals surface area (Å²) in [7, 11) is -0.516. The number of rotatable bonds is 11. The third kappa shape index (κ3) is 5.82. The third-order valence-electron chi connectivity index (χ3n) is 7.22. The lowest BCUT2D eigenvalue weighted by atomic mass is 9.91. The van der Waals surface area contributed by atoms with Gasteiger partial charge >= 0.3 is 0 Å². The Morgan fingerprint density at radius 2 is 0.757 bits per heavy atom. The van der Waals surface area contributed by atoms with Gasteiger partial charge in [0.1, 0.15) is 0 Å². The van der Waals surface area contributed by atoms with Gasteiger partial charge in [-0.15, -0.1) is 7.53 Å². The van der Waals surface area contributed by atoms with E-state index in [-0.39, 0.29) is 0 Å². The highest BCUT2D eigenvalue weighted by Crippen LogP contribution is 2.62. The molecule has 4 aromatic carbocycles. The lowest BCUT2D eigenvalue weighted by Crippen LogP contribution is -1.85. The summed E-state index contributed by atoms with van der Waals surface area (Å²) in [5.41, 5.74) is 8.24. The summed E-state index contributed by atoms with van der Waals surface area (Å²) in [4.78, 5) is 0. The van der Waals surface area contributed by atoms with Gasteiger partial charge in [-0.3, -0.25) is 0 Å². The molecular formula is C36H37P. The van der Waals surface area contributed by atoms with Gasteiger partial charge in [-0.05, 0) is 34.8 Å². The van der Waals surface area contributed by atoms with Crippen molar-refractivity contribution in [3.63, 3.8) is 0 Å². The SMILES string of the molecule is CCCCCCCCp1c(-c2ccccc2)c(-c2ccccc2)c(-c2ccccc2)c1-c1ccccc1. The number of benzene rings is 4. The van der Waals surface area contributed by atoms with Crippen LogP contribution in [0.15, 0.2) is 121 Å². The Balaban J connectivity index is 1.78. The first-order chi connectivity index (χ1) is 18.4. The molecule has 5 aromatic rings. The fourth-order valence-corrected chi connectivity index (χ4v) is 8.61. The van der Waals surface area contributed by atoms with Crippen LogP contribution in [-0.2, 0) is 6.16 Å². The summed E-state index contributed by atoms with van der Waals surface area (Å²) in [6.07, 6.45) is 9.22. The van der Waals surface area contributed by atoms with Gasteiger partial charge in [-0.25, -0.2) is 0 Å². The van der Waals surface area contributed by atoms with Gasteiger partial charge < -0.3 is 0 Å². The van der Waals surface area contributed by atoms with Crippen molar-refractivity contribution < 1.29 is 0 Å². The summed E-state index contributed by atoms with van der Waals surface area (Å²) < 4.78 is 0. The molecule has 0 atom stereocenters. The highest BCUT2D eigenvalue weighted by molar-refractivity contribution is 7.56. The summed E-state index contributed by atoms with van der Waals surface area (Å²) in [5, 5.41) is 3.10. The van der Waals surface area contributed by atoms with Crippen LogP contribution >= 0.6 is 7.53 Å². The van der Waals surface area contributed by atoms with E-state index in [1.165, 1.54) is 78.1 Å². The van der Waals surface area contributed by atoms with Gasteiger partial charge in [0.25, 0.3) is 0 Å². The summed E-state index contributed by atoms with van der Waals surface area (Å²) in [6, 6.07) is 44.6. The van der Waals surface area contributed by atoms with E-state index in [0.29, 0.717) is 0 Å². The molecule has 186 valence electrons. The predicted molar refractivity (Wildman–Crippen MR) is 164 cm³/mol. The molecule has 1 heterocycles. The molecule has 0 unspecified atom stereocenters. The normalized spacial score (nSPS) is 11.1. The van der Waals surface area contributed by atoms with Crippen molar-refractivity contribution >= 4 is 7.53 Å². The predicted octanol–water partition coefficient (Wildman–Crippen LogP) is 11.7. The van der Waals surface area contributed by atoms with Crippen molar-refractivity contribution in [2.24, 2.45) is 0 Å². The van der Waals surface area contributed by atoms with Gasteiger partial charge in [-0.1, -0.05) is 160 Å². The van der Waals surface area contributed by atoms with E-state index in [1.807, 2.05) is 0 Å². The number of hydrogen-bond acceptors (Lipinski definition) is 0. The van der Waals surface area contributed by atoms with E-state index in [4.69, 9.17) is 0 Å². The van der Waals surface area contributed by atoms with E-state index in [0.717, 1.165) is 0 Å². The van der Waals surface area contributed by atoms with Gasteiger partial charge in [0, 0.05) is 21.7 Å². The van der Waals surface area contributed by atoms with Crippen molar-refractivity contribution in [1.29, 1.82) is 0 Å². The molecule has 0 nitrogen and oxygen atoms in total. The van der Waals surface area contributed by atoms with Gasteiger partial charge in [0.05, 0.1) is 0 Å². The topological polar surface area (TPSA) is 0 Å². The Morgan fingerprint density at radius 1 is 0.405 bits per heavy atom. The maximum atomic E-state index is 2.32. The second-order valence-electron chi connectivity index (χ2n) is 9.83. The molecule has 1 heteroatoms. The van der Waals surface area contributed by atoms with Crippen LogP contribution in [0.25, 0.3) is 44.0 Å². The van der Waals surface area contributed by atoms with Crippen molar-refractivity contribution in [2.45, 2.75) is 51.6 Å². The number of hydrogen-bond donors (Lipinski definition) is 0. The average Bonchev–Trinajstić information content (AvgIpc) is 3.32. The molecular weight excluding hydrogens is 463 g/mol. The van der Waals surface area contributed by atoms with Gasteiger partial charge in [0.2, 0.25) is 0 Å². The standard InChI is InChI=1S/C36H37P/c1-2-3-4-5-6-19-28-37-35(31-24-15-9-16-25-31)33(29-20-11-7-12-21-29)34(30-22-13-8-14-23-30)36(37)32-26-17-10-18-27-32/h7-18,20-27H,2-6,19,28H2,1H3. The van der Waals surface area contributed by atoms with Crippen LogP contribution in [0.1, 0.15) is 45.4 Å². The van der Waals surface area contributed by atoms with E-state index >= 15 is 0 Å². The zero-order valence-electron chi connectivity index (χ0n) is 21.9. The fraction of sp³-hybridized carbons (Fsp3) is 0.222. The Kier molecular flexibility index (Phi) is 8.73. The van der Waals surface area contributed by atoms with Gasteiger partial charge in [-0.2, -0.15) is 0 Å². The molecule has 37 heavy (non-hydrogen) atoms. The van der Waals surface area contributed by atoms with Crippen LogP contribution < -0.4 is 0 Å². The molecule has 1 aromatic heterocycles. The van der Waals surface area contributed by atoms with Crippen LogP contribution in [0, 0.1) is 0 Å². The van der Waals surface area contributed by atoms with Crippen LogP contribution in [-0.4, -0.2) is 0 Å². The third-order valence-corrected chi connectivity index (χ3v) is 10.0. The van der Waals surface area contributed by atoms with E-state index in [9.17, 15) is 0 Å². The molecule has 5 rings (SSSR count). The van der Waals surface area contributed by atoms with E-state index < -0.39 is 7.53 Å². The van der Waals surface area contributed by atoms with Crippen LogP contribution in [0.3, 0.4) is 0 Å². The summed E-state index contributed by atoms with van der Waals surface area (Å²) in [5.74, 6) is 0. The molecule has 0 aliphatic heterocycles. The van der Waals surface area contributed by atoms with Crippen molar-refractivity contribution in [3.8, 4) is 44.0 Å². The highest BCUT2D eigenvalue weighted by Gasteiger charge is 2.26. The minimum Gasteiger partial charge on any atom is -0.107 e. The first-order valence-electron chi connectivity index (χ1n) is 13.9. The minimum atomic E-state index is -0.516. The van der Waals surface area contributed by atoms with Crippen LogP contribution in [0.2, 0.25) is 0 Å². The zero-order valence-corrected chi connectivity index (χ0v) is 22.8. The Morgan fingerprint density at radius 3 is 1.16 bits per heavy atom. The first-order valence-corrected chi connectivity index (χ1v) is 15.4. The van der Waals surface area contributed by atoms with Crippen molar-refractivity contribution in [2.75, 3.05) is 0 Å². The smallest absolute Gasteiger partial charge is 0.0103 e. The van der Waals surface area contributed by atoms with E-state index in [2.05, 4.69) is 128 Å². The van der Waals surface area contributed by atoms with Crippen LogP contribution in [0.4, 0.5) is 0 Å². The largest absolute Gasteiger partial charge is 0.107 e. The average molecular weight is 501 g/mol. The lowest BCUT2D eigenvalue weighted by molar-refractivity contribution is 0.619.